The van der Waals surface area contributed by atoms with Gasteiger partial charge in [0.25, 0.3) is 0 Å². The number of imidazole rings is 1. The van der Waals surface area contributed by atoms with E-state index in [0.29, 0.717) is 28.9 Å². The summed E-state index contributed by atoms with van der Waals surface area (Å²) in [7, 11) is 0. The Morgan fingerprint density at radius 2 is 1.78 bits per heavy atom. The number of likely N-dealkylation sites (tertiary alicyclic amines) is 1. The van der Waals surface area contributed by atoms with Gasteiger partial charge in [-0.1, -0.05) is 0 Å². The molecule has 0 N–H and O–H groups in total. The average molecular weight is 510 g/mol. The van der Waals surface area contributed by atoms with Crippen molar-refractivity contribution in [1.82, 2.24) is 44.0 Å². The summed E-state index contributed by atoms with van der Waals surface area (Å²) in [6.07, 6.45) is 6.45. The first kappa shape index (κ1) is 23.6. The van der Waals surface area contributed by atoms with Gasteiger partial charge in [-0.15, -0.1) is 0 Å². The lowest BCUT2D eigenvalue weighted by Gasteiger charge is -2.34. The third-order valence-electron chi connectivity index (χ3n) is 7.07. The van der Waals surface area contributed by atoms with E-state index in [4.69, 9.17) is 0 Å². The third kappa shape index (κ3) is 4.45. The number of fused-ring (bicyclic) bond motifs is 2. The molecule has 0 amide bonds. The molecule has 1 fully saturated rings. The van der Waals surface area contributed by atoms with Crippen molar-refractivity contribution >= 4 is 16.7 Å². The van der Waals surface area contributed by atoms with Gasteiger partial charge in [-0.2, -0.15) is 28.5 Å². The Labute approximate surface area is 210 Å². The Hall–Kier alpha value is -3.80. The first-order valence-electron chi connectivity index (χ1n) is 12.3. The zero-order valence-electron chi connectivity index (χ0n) is 20.5. The number of nitrogens with zero attached hydrogens (tertiary/aromatic N) is 9. The Morgan fingerprint density at radius 1 is 0.973 bits per heavy atom. The zero-order chi connectivity index (χ0) is 25.7. The van der Waals surface area contributed by atoms with Crippen LogP contribution in [0.2, 0.25) is 0 Å². The van der Waals surface area contributed by atoms with Crippen molar-refractivity contribution in [2.75, 3.05) is 13.1 Å². The number of halogens is 3. The summed E-state index contributed by atoms with van der Waals surface area (Å²) in [6, 6.07) is 5.15. The van der Waals surface area contributed by atoms with Crippen molar-refractivity contribution in [2.24, 2.45) is 0 Å². The molecule has 1 saturated heterocycles. The normalized spacial score (nSPS) is 15.9. The van der Waals surface area contributed by atoms with E-state index >= 15 is 0 Å². The highest BCUT2D eigenvalue weighted by atomic mass is 19.4. The quantitative estimate of drug-likeness (QED) is 0.348. The monoisotopic (exact) mass is 509 g/mol. The molecule has 1 aliphatic rings. The fourth-order valence-corrected chi connectivity index (χ4v) is 4.93. The minimum atomic E-state index is -4.54. The summed E-state index contributed by atoms with van der Waals surface area (Å²) in [5.74, 6) is 0. The molecule has 0 aliphatic carbocycles. The Balaban J connectivity index is 1.27. The minimum absolute atomic E-state index is 0.192. The fraction of sp³-hybridized carbons (Fsp3) is 0.400. The highest BCUT2D eigenvalue weighted by Crippen LogP contribution is 2.29. The molecule has 5 aromatic rings. The predicted molar refractivity (Wildman–Crippen MR) is 131 cm³/mol. The molecule has 12 heteroatoms. The third-order valence-corrected chi connectivity index (χ3v) is 7.07. The van der Waals surface area contributed by atoms with Crippen LogP contribution in [0, 0.1) is 0 Å². The summed E-state index contributed by atoms with van der Waals surface area (Å²) in [6.45, 7) is 6.77. The van der Waals surface area contributed by atoms with E-state index in [0.717, 1.165) is 48.6 Å². The fourth-order valence-electron chi connectivity index (χ4n) is 4.93. The summed E-state index contributed by atoms with van der Waals surface area (Å²) >= 11 is 0. The predicted octanol–water partition coefficient (Wildman–Crippen LogP) is 4.45. The molecule has 37 heavy (non-hydrogen) atoms. The number of hydrogen-bond donors (Lipinski definition) is 0. The van der Waals surface area contributed by atoms with E-state index in [1.54, 1.807) is 17.1 Å². The van der Waals surface area contributed by atoms with Crippen molar-refractivity contribution in [3.63, 3.8) is 0 Å². The van der Waals surface area contributed by atoms with Crippen molar-refractivity contribution in [2.45, 2.75) is 51.5 Å². The van der Waals surface area contributed by atoms with Crippen LogP contribution in [0.4, 0.5) is 13.2 Å². The number of alkyl halides is 3. The van der Waals surface area contributed by atoms with Gasteiger partial charge in [-0.05, 0) is 44.9 Å². The lowest BCUT2D eigenvalue weighted by Crippen LogP contribution is -2.39. The van der Waals surface area contributed by atoms with E-state index in [2.05, 4.69) is 54.9 Å². The standard InChI is InChI=1S/C25H26F3N9/c1-16(2)34-7-5-19(6-8-34)35-14-18(11-31-35)17-9-22-21(29-10-17)13-32-36(22)15-20-12-30-24-4-3-23(25(26,27)28)33-37(20)24/h3-4,9-14,16,19H,5-8,15H2,1-2H3. The van der Waals surface area contributed by atoms with Crippen LogP contribution in [-0.4, -0.2) is 63.2 Å². The number of piperidine rings is 1. The topological polar surface area (TPSA) is 82.0 Å². The number of rotatable bonds is 5. The van der Waals surface area contributed by atoms with E-state index in [1.165, 1.54) is 16.8 Å². The van der Waals surface area contributed by atoms with Crippen molar-refractivity contribution < 1.29 is 13.2 Å². The van der Waals surface area contributed by atoms with Crippen LogP contribution in [0.1, 0.15) is 44.1 Å². The number of aromatic nitrogens is 8. The van der Waals surface area contributed by atoms with Crippen LogP contribution >= 0.6 is 0 Å². The first-order chi connectivity index (χ1) is 17.8. The summed E-state index contributed by atoms with van der Waals surface area (Å²) in [5, 5.41) is 12.8. The second-order valence-electron chi connectivity index (χ2n) is 9.74. The molecule has 0 unspecified atom stereocenters. The minimum Gasteiger partial charge on any atom is -0.301 e. The molecule has 5 aromatic heterocycles. The molecule has 0 bridgehead atoms. The maximum absolute atomic E-state index is 13.2. The van der Waals surface area contributed by atoms with Crippen molar-refractivity contribution in [3.8, 4) is 11.1 Å². The van der Waals surface area contributed by atoms with E-state index in [9.17, 15) is 13.2 Å². The smallest absolute Gasteiger partial charge is 0.301 e. The van der Waals surface area contributed by atoms with Crippen LogP contribution in [0.3, 0.4) is 0 Å². The highest BCUT2D eigenvalue weighted by Gasteiger charge is 2.33. The maximum Gasteiger partial charge on any atom is 0.435 e. The molecule has 0 saturated carbocycles. The molecular weight excluding hydrogens is 483 g/mol. The largest absolute Gasteiger partial charge is 0.435 e. The SMILES string of the molecule is CC(C)N1CCC(n2cc(-c3cnc4cnn(Cc5cnc6ccc(C(F)(F)F)nn56)c4c3)cn2)CC1. The molecule has 6 heterocycles. The van der Waals surface area contributed by atoms with Gasteiger partial charge in [0.1, 0.15) is 5.52 Å². The van der Waals surface area contributed by atoms with Crippen LogP contribution in [0.5, 0.6) is 0 Å². The molecule has 0 atom stereocenters. The molecule has 192 valence electrons. The van der Waals surface area contributed by atoms with Gasteiger partial charge in [-0.3, -0.25) is 14.3 Å². The van der Waals surface area contributed by atoms with Crippen molar-refractivity contribution in [1.29, 1.82) is 0 Å². The molecule has 0 spiro atoms. The van der Waals surface area contributed by atoms with Gasteiger partial charge in [0.15, 0.2) is 11.3 Å². The summed E-state index contributed by atoms with van der Waals surface area (Å²) in [4.78, 5) is 11.2. The van der Waals surface area contributed by atoms with Crippen LogP contribution in [-0.2, 0) is 12.7 Å². The lowest BCUT2D eigenvalue weighted by molar-refractivity contribution is -0.141. The highest BCUT2D eigenvalue weighted by molar-refractivity contribution is 5.80. The second kappa shape index (κ2) is 8.94. The number of pyridine rings is 1. The molecule has 0 radical (unpaired) electrons. The average Bonchev–Trinajstić information content (AvgIpc) is 3.62. The summed E-state index contributed by atoms with van der Waals surface area (Å²) in [5.41, 5.74) is 3.16. The Bertz CT molecular complexity index is 1550. The molecule has 0 aromatic carbocycles. The number of hydrogen-bond acceptors (Lipinski definition) is 6. The van der Waals surface area contributed by atoms with Crippen LogP contribution in [0.15, 0.2) is 49.2 Å². The van der Waals surface area contributed by atoms with Gasteiger partial charge < -0.3 is 4.90 Å². The zero-order valence-corrected chi connectivity index (χ0v) is 20.5. The van der Waals surface area contributed by atoms with Gasteiger partial charge in [-0.25, -0.2) is 9.50 Å². The molecule has 9 nitrogen and oxygen atoms in total. The first-order valence-corrected chi connectivity index (χ1v) is 12.3. The van der Waals surface area contributed by atoms with E-state index < -0.39 is 11.9 Å². The van der Waals surface area contributed by atoms with E-state index in [-0.39, 0.29) is 6.54 Å². The molecular formula is C25H26F3N9. The second-order valence-corrected chi connectivity index (χ2v) is 9.74. The van der Waals surface area contributed by atoms with Gasteiger partial charge in [0.05, 0.1) is 42.4 Å². The lowest BCUT2D eigenvalue weighted by atomic mass is 10.0. The van der Waals surface area contributed by atoms with Gasteiger partial charge >= 0.3 is 6.18 Å². The van der Waals surface area contributed by atoms with Gasteiger partial charge in [0, 0.05) is 42.7 Å². The van der Waals surface area contributed by atoms with E-state index in [1.807, 2.05) is 12.3 Å². The molecule has 1 aliphatic heterocycles. The van der Waals surface area contributed by atoms with Crippen LogP contribution in [0.25, 0.3) is 27.8 Å². The summed E-state index contributed by atoms with van der Waals surface area (Å²) < 4.78 is 44.5. The van der Waals surface area contributed by atoms with Crippen LogP contribution < -0.4 is 0 Å². The Morgan fingerprint density at radius 3 is 2.54 bits per heavy atom. The molecule has 6 rings (SSSR count). The Kier molecular flexibility index (Phi) is 5.70. The van der Waals surface area contributed by atoms with Crippen molar-refractivity contribution in [3.05, 3.63) is 60.6 Å². The maximum atomic E-state index is 13.2. The van der Waals surface area contributed by atoms with Gasteiger partial charge in [0.2, 0.25) is 0 Å².